The van der Waals surface area contributed by atoms with Crippen LogP contribution in [0.5, 0.6) is 0 Å². The zero-order valence-electron chi connectivity index (χ0n) is 10.3. The van der Waals surface area contributed by atoms with Crippen LogP contribution < -0.4 is 0 Å². The van der Waals surface area contributed by atoms with Gasteiger partial charge in [0.2, 0.25) is 5.91 Å². The van der Waals surface area contributed by atoms with Crippen molar-refractivity contribution >= 4 is 5.91 Å². The Hall–Kier alpha value is -1.04. The number of nitrogens with zero attached hydrogens (tertiary/aromatic N) is 2. The Labute approximate surface area is 97.4 Å². The van der Waals surface area contributed by atoms with Gasteiger partial charge < -0.3 is 4.90 Å². The van der Waals surface area contributed by atoms with Gasteiger partial charge in [0.15, 0.2) is 0 Å². The summed E-state index contributed by atoms with van der Waals surface area (Å²) in [5, 5.41) is 9.03. The fourth-order valence-electron chi connectivity index (χ4n) is 2.74. The standard InChI is InChI=1S/C13H20N2O/c1-3-12(4-2)7-8-15(10-12)11(16)13(9-14)5-6-13/h3-8,10H2,1-2H3. The smallest absolute Gasteiger partial charge is 0.243 e. The summed E-state index contributed by atoms with van der Waals surface area (Å²) >= 11 is 0. The van der Waals surface area contributed by atoms with Crippen LogP contribution in [-0.2, 0) is 4.79 Å². The Morgan fingerprint density at radius 1 is 1.31 bits per heavy atom. The van der Waals surface area contributed by atoms with Crippen molar-refractivity contribution in [3.8, 4) is 6.07 Å². The van der Waals surface area contributed by atoms with Crippen LogP contribution in [-0.4, -0.2) is 23.9 Å². The molecule has 0 aromatic rings. The highest BCUT2D eigenvalue weighted by molar-refractivity contribution is 5.88. The molecule has 3 nitrogen and oxygen atoms in total. The second kappa shape index (κ2) is 3.76. The van der Waals surface area contributed by atoms with Gasteiger partial charge in [0, 0.05) is 13.1 Å². The van der Waals surface area contributed by atoms with Crippen molar-refractivity contribution in [2.24, 2.45) is 10.8 Å². The van der Waals surface area contributed by atoms with Crippen molar-refractivity contribution in [2.75, 3.05) is 13.1 Å². The fourth-order valence-corrected chi connectivity index (χ4v) is 2.74. The highest BCUT2D eigenvalue weighted by Gasteiger charge is 2.54. The quantitative estimate of drug-likeness (QED) is 0.732. The number of likely N-dealkylation sites (tertiary alicyclic amines) is 1. The van der Waals surface area contributed by atoms with E-state index in [1.54, 1.807) is 0 Å². The minimum atomic E-state index is -0.627. The summed E-state index contributed by atoms with van der Waals surface area (Å²) in [6, 6.07) is 2.20. The van der Waals surface area contributed by atoms with Crippen molar-refractivity contribution in [1.29, 1.82) is 5.26 Å². The van der Waals surface area contributed by atoms with Crippen LogP contribution in [0.1, 0.15) is 46.0 Å². The maximum atomic E-state index is 12.2. The van der Waals surface area contributed by atoms with Crippen LogP contribution in [0.25, 0.3) is 0 Å². The predicted molar refractivity (Wildman–Crippen MR) is 61.5 cm³/mol. The van der Waals surface area contributed by atoms with Gasteiger partial charge in [-0.05, 0) is 37.5 Å². The molecule has 0 spiro atoms. The van der Waals surface area contributed by atoms with Crippen LogP contribution in [0.15, 0.2) is 0 Å². The molecule has 1 aliphatic heterocycles. The van der Waals surface area contributed by atoms with Gasteiger partial charge in [-0.2, -0.15) is 5.26 Å². The van der Waals surface area contributed by atoms with Gasteiger partial charge in [0.1, 0.15) is 5.41 Å². The SMILES string of the molecule is CCC1(CC)CCN(C(=O)C2(C#N)CC2)C1. The molecule has 16 heavy (non-hydrogen) atoms. The molecule has 0 aromatic heterocycles. The minimum Gasteiger partial charge on any atom is -0.341 e. The fraction of sp³-hybridized carbons (Fsp3) is 0.846. The van der Waals surface area contributed by atoms with Gasteiger partial charge in [-0.25, -0.2) is 0 Å². The predicted octanol–water partition coefficient (Wildman–Crippen LogP) is 2.33. The lowest BCUT2D eigenvalue weighted by Gasteiger charge is -2.27. The first-order chi connectivity index (χ1) is 7.61. The molecule has 0 bridgehead atoms. The summed E-state index contributed by atoms with van der Waals surface area (Å²) in [6.45, 7) is 6.12. The van der Waals surface area contributed by atoms with E-state index in [-0.39, 0.29) is 5.91 Å². The first-order valence-electron chi connectivity index (χ1n) is 6.32. The Bertz CT molecular complexity index is 334. The van der Waals surface area contributed by atoms with Gasteiger partial charge >= 0.3 is 0 Å². The molecule has 1 amide bonds. The topological polar surface area (TPSA) is 44.1 Å². The molecule has 2 fully saturated rings. The zero-order chi connectivity index (χ0) is 11.8. The van der Waals surface area contributed by atoms with Gasteiger partial charge in [0.25, 0.3) is 0 Å². The number of rotatable bonds is 3. The van der Waals surface area contributed by atoms with E-state index in [9.17, 15) is 4.79 Å². The average molecular weight is 220 g/mol. The summed E-state index contributed by atoms with van der Waals surface area (Å²) in [4.78, 5) is 14.1. The van der Waals surface area contributed by atoms with Crippen molar-refractivity contribution in [3.05, 3.63) is 0 Å². The molecule has 0 atom stereocenters. The molecule has 88 valence electrons. The first-order valence-corrected chi connectivity index (χ1v) is 6.32. The number of carbonyl (C=O) groups is 1. The molecule has 3 heteroatoms. The number of amides is 1. The number of hydrogen-bond donors (Lipinski definition) is 0. The Morgan fingerprint density at radius 3 is 2.31 bits per heavy atom. The second-order valence-electron chi connectivity index (χ2n) is 5.38. The van der Waals surface area contributed by atoms with Crippen LogP contribution in [0.4, 0.5) is 0 Å². The van der Waals surface area contributed by atoms with E-state index in [0.717, 1.165) is 45.2 Å². The van der Waals surface area contributed by atoms with E-state index in [1.807, 2.05) is 4.90 Å². The number of nitriles is 1. The Kier molecular flexibility index (Phi) is 2.69. The summed E-state index contributed by atoms with van der Waals surface area (Å²) in [5.41, 5.74) is -0.307. The summed E-state index contributed by atoms with van der Waals surface area (Å²) in [5.74, 6) is 0.0961. The third-order valence-corrected chi connectivity index (χ3v) is 4.60. The number of carbonyl (C=O) groups excluding carboxylic acids is 1. The second-order valence-corrected chi connectivity index (χ2v) is 5.38. The van der Waals surface area contributed by atoms with Crippen LogP contribution in [0.2, 0.25) is 0 Å². The van der Waals surface area contributed by atoms with Crippen LogP contribution in [0.3, 0.4) is 0 Å². The molecule has 1 saturated carbocycles. The maximum Gasteiger partial charge on any atom is 0.243 e. The lowest BCUT2D eigenvalue weighted by molar-refractivity contribution is -0.134. The molecule has 1 heterocycles. The van der Waals surface area contributed by atoms with Crippen molar-refractivity contribution < 1.29 is 4.79 Å². The van der Waals surface area contributed by atoms with Gasteiger partial charge in [-0.3, -0.25) is 4.79 Å². The molecule has 0 N–H and O–H groups in total. The van der Waals surface area contributed by atoms with E-state index in [0.29, 0.717) is 5.41 Å². The lowest BCUT2D eigenvalue weighted by Crippen LogP contribution is -2.36. The normalized spacial score (nSPS) is 25.2. The first kappa shape index (κ1) is 11.4. The molecule has 2 rings (SSSR count). The molecule has 0 aromatic carbocycles. The minimum absolute atomic E-state index is 0.0961. The van der Waals surface area contributed by atoms with E-state index in [1.165, 1.54) is 0 Å². The van der Waals surface area contributed by atoms with E-state index < -0.39 is 5.41 Å². The maximum absolute atomic E-state index is 12.2. The van der Waals surface area contributed by atoms with E-state index in [4.69, 9.17) is 5.26 Å². The Balaban J connectivity index is 2.04. The van der Waals surface area contributed by atoms with Crippen LogP contribution >= 0.6 is 0 Å². The van der Waals surface area contributed by atoms with Crippen LogP contribution in [0, 0.1) is 22.2 Å². The summed E-state index contributed by atoms with van der Waals surface area (Å²) < 4.78 is 0. The third kappa shape index (κ3) is 1.61. The third-order valence-electron chi connectivity index (χ3n) is 4.60. The van der Waals surface area contributed by atoms with Gasteiger partial charge in [-0.15, -0.1) is 0 Å². The monoisotopic (exact) mass is 220 g/mol. The van der Waals surface area contributed by atoms with Crippen molar-refractivity contribution in [3.63, 3.8) is 0 Å². The van der Waals surface area contributed by atoms with Crippen molar-refractivity contribution in [1.82, 2.24) is 4.90 Å². The van der Waals surface area contributed by atoms with Gasteiger partial charge in [0.05, 0.1) is 6.07 Å². The molecule has 0 unspecified atom stereocenters. The largest absolute Gasteiger partial charge is 0.341 e. The molecular weight excluding hydrogens is 200 g/mol. The van der Waals surface area contributed by atoms with Crippen molar-refractivity contribution in [2.45, 2.75) is 46.0 Å². The molecular formula is C13H20N2O. The lowest BCUT2D eigenvalue weighted by atomic mass is 9.82. The van der Waals surface area contributed by atoms with Gasteiger partial charge in [-0.1, -0.05) is 13.8 Å². The highest BCUT2D eigenvalue weighted by Crippen LogP contribution is 2.48. The summed E-state index contributed by atoms with van der Waals surface area (Å²) in [6.07, 6.45) is 4.90. The number of hydrogen-bond acceptors (Lipinski definition) is 2. The molecule has 0 radical (unpaired) electrons. The highest BCUT2D eigenvalue weighted by atomic mass is 16.2. The molecule has 1 aliphatic carbocycles. The molecule has 2 aliphatic rings. The molecule has 1 saturated heterocycles. The zero-order valence-corrected chi connectivity index (χ0v) is 10.3. The Morgan fingerprint density at radius 2 is 1.94 bits per heavy atom. The summed E-state index contributed by atoms with van der Waals surface area (Å²) in [7, 11) is 0. The average Bonchev–Trinajstić information content (AvgIpc) is 3.01. The van der Waals surface area contributed by atoms with E-state index in [2.05, 4.69) is 19.9 Å². The van der Waals surface area contributed by atoms with E-state index >= 15 is 0 Å².